The summed E-state index contributed by atoms with van der Waals surface area (Å²) in [5.74, 6) is -0.743. The van der Waals surface area contributed by atoms with Gasteiger partial charge in [-0.2, -0.15) is 0 Å². The molecule has 0 bridgehead atoms. The molecular weight excluding hydrogens is 403 g/mol. The van der Waals surface area contributed by atoms with Crippen molar-refractivity contribution in [3.63, 3.8) is 0 Å². The maximum atomic E-state index is 13.7. The van der Waals surface area contributed by atoms with Gasteiger partial charge in [0.1, 0.15) is 6.17 Å². The number of anilines is 2. The predicted octanol–water partition coefficient (Wildman–Crippen LogP) is -1.08. The summed E-state index contributed by atoms with van der Waals surface area (Å²) in [5.41, 5.74) is 10.8. The van der Waals surface area contributed by atoms with E-state index in [1.807, 2.05) is 6.07 Å². The molecular formula is C20H31FN8O2. The highest BCUT2D eigenvalue weighted by atomic mass is 19.1. The fraction of sp³-hybridized carbons (Fsp3) is 0.700. The number of aromatic nitrogens is 1. The Kier molecular flexibility index (Phi) is 6.04. The zero-order chi connectivity index (χ0) is 21.4. The Balaban J connectivity index is 1.25. The Morgan fingerprint density at radius 3 is 2.94 bits per heavy atom. The molecule has 4 aliphatic heterocycles. The maximum Gasteiger partial charge on any atom is 0.233 e. The molecule has 10 nitrogen and oxygen atoms in total. The SMILES string of the molecule is NC1NN2CC(F)CNC2C1C(=O)Nc1cnccc1N1CCN([C@H]2CCOC2)CC1. The molecule has 0 spiro atoms. The standard InChI is InChI=1S/C20H31FN8O2/c21-13-9-24-19-17(18(22)26-29(19)11-13)20(30)25-15-10-23-3-1-16(15)28-6-4-27(5-7-28)14-2-8-31-12-14/h1,3,10,13-14,17-19,24,26H,2,4-9,11-12,22H2,(H,25,30)/t13?,14-,17?,18?,19?/m0/s1. The van der Waals surface area contributed by atoms with Crippen molar-refractivity contribution < 1.29 is 13.9 Å². The van der Waals surface area contributed by atoms with Crippen LogP contribution in [0, 0.1) is 5.92 Å². The van der Waals surface area contributed by atoms with Crippen molar-refractivity contribution >= 4 is 17.3 Å². The number of fused-ring (bicyclic) bond motifs is 1. The number of ether oxygens (including phenoxy) is 1. The number of hydrazine groups is 1. The maximum absolute atomic E-state index is 13.7. The number of carbonyl (C=O) groups excluding carboxylic acids is 1. The minimum atomic E-state index is -0.989. The summed E-state index contributed by atoms with van der Waals surface area (Å²) in [6.07, 6.45) is 2.62. The molecule has 11 heteroatoms. The van der Waals surface area contributed by atoms with Crippen LogP contribution in [0.15, 0.2) is 18.5 Å². The van der Waals surface area contributed by atoms with Gasteiger partial charge in [-0.1, -0.05) is 0 Å². The van der Waals surface area contributed by atoms with Gasteiger partial charge in [-0.05, 0) is 12.5 Å². The van der Waals surface area contributed by atoms with E-state index < -0.39 is 18.3 Å². The van der Waals surface area contributed by atoms with Gasteiger partial charge in [0.15, 0.2) is 0 Å². The predicted molar refractivity (Wildman–Crippen MR) is 114 cm³/mol. The van der Waals surface area contributed by atoms with Crippen molar-refractivity contribution in [3.05, 3.63) is 18.5 Å². The van der Waals surface area contributed by atoms with Gasteiger partial charge in [-0.25, -0.2) is 14.8 Å². The highest BCUT2D eigenvalue weighted by molar-refractivity contribution is 5.96. The van der Waals surface area contributed by atoms with E-state index in [0.29, 0.717) is 11.7 Å². The number of carbonyl (C=O) groups is 1. The summed E-state index contributed by atoms with van der Waals surface area (Å²) in [6, 6.07) is 2.46. The van der Waals surface area contributed by atoms with E-state index in [4.69, 9.17) is 10.5 Å². The van der Waals surface area contributed by atoms with Gasteiger partial charge >= 0.3 is 0 Å². The molecule has 5 atom stereocenters. The number of rotatable bonds is 4. The Hall–Kier alpha value is -1.89. The quantitative estimate of drug-likeness (QED) is 0.470. The van der Waals surface area contributed by atoms with Crippen LogP contribution >= 0.6 is 0 Å². The number of piperazine rings is 1. The van der Waals surface area contributed by atoms with Crippen molar-refractivity contribution in [1.29, 1.82) is 0 Å². The highest BCUT2D eigenvalue weighted by Crippen LogP contribution is 2.29. The second-order valence-corrected chi connectivity index (χ2v) is 8.71. The number of nitrogens with one attached hydrogen (secondary N) is 3. The van der Waals surface area contributed by atoms with Crippen LogP contribution in [0.25, 0.3) is 0 Å². The molecule has 1 aromatic heterocycles. The molecule has 4 fully saturated rings. The number of alkyl halides is 1. The van der Waals surface area contributed by atoms with E-state index >= 15 is 0 Å². The lowest BCUT2D eigenvalue weighted by Gasteiger charge is -2.39. The molecule has 5 heterocycles. The van der Waals surface area contributed by atoms with Crippen molar-refractivity contribution in [2.75, 3.05) is 62.7 Å². The van der Waals surface area contributed by atoms with Crippen LogP contribution < -0.4 is 26.7 Å². The minimum absolute atomic E-state index is 0.201. The lowest BCUT2D eigenvalue weighted by atomic mass is 10.0. The Labute approximate surface area is 181 Å². The van der Waals surface area contributed by atoms with E-state index in [9.17, 15) is 9.18 Å². The van der Waals surface area contributed by atoms with Gasteiger partial charge in [-0.3, -0.25) is 20.0 Å². The summed E-state index contributed by atoms with van der Waals surface area (Å²) in [5, 5.41) is 7.82. The van der Waals surface area contributed by atoms with Crippen LogP contribution in [0.2, 0.25) is 0 Å². The first-order chi connectivity index (χ1) is 15.1. The van der Waals surface area contributed by atoms with Crippen LogP contribution in [0.3, 0.4) is 0 Å². The third-order valence-corrected chi connectivity index (χ3v) is 6.76. The van der Waals surface area contributed by atoms with Crippen molar-refractivity contribution in [3.8, 4) is 0 Å². The average Bonchev–Trinajstić information content (AvgIpc) is 3.41. The molecule has 170 valence electrons. The normalized spacial score (nSPS) is 34.6. The lowest BCUT2D eigenvalue weighted by Crippen LogP contribution is -2.58. The fourth-order valence-electron chi connectivity index (χ4n) is 5.09. The summed E-state index contributed by atoms with van der Waals surface area (Å²) in [6.45, 7) is 5.79. The molecule has 4 aliphatic rings. The van der Waals surface area contributed by atoms with Gasteiger partial charge in [0.25, 0.3) is 0 Å². The van der Waals surface area contributed by atoms with E-state index in [0.717, 1.165) is 51.5 Å². The van der Waals surface area contributed by atoms with Crippen LogP contribution in [0.4, 0.5) is 15.8 Å². The number of halogens is 1. The zero-order valence-corrected chi connectivity index (χ0v) is 17.5. The third kappa shape index (κ3) is 4.26. The van der Waals surface area contributed by atoms with Gasteiger partial charge in [0.2, 0.25) is 5.91 Å². The number of hydrogen-bond acceptors (Lipinski definition) is 9. The summed E-state index contributed by atoms with van der Waals surface area (Å²) < 4.78 is 19.2. The fourth-order valence-corrected chi connectivity index (χ4v) is 5.09. The first-order valence-corrected chi connectivity index (χ1v) is 11.1. The Morgan fingerprint density at radius 2 is 2.16 bits per heavy atom. The van der Waals surface area contributed by atoms with E-state index in [2.05, 4.69) is 30.8 Å². The first kappa shape index (κ1) is 21.0. The average molecular weight is 435 g/mol. The number of amides is 1. The lowest BCUT2D eigenvalue weighted by molar-refractivity contribution is -0.121. The summed E-state index contributed by atoms with van der Waals surface area (Å²) >= 11 is 0. The van der Waals surface area contributed by atoms with E-state index in [1.165, 1.54) is 0 Å². The van der Waals surface area contributed by atoms with Crippen molar-refractivity contribution in [2.45, 2.75) is 31.0 Å². The van der Waals surface area contributed by atoms with E-state index in [1.54, 1.807) is 17.4 Å². The van der Waals surface area contributed by atoms with Crippen LogP contribution in [-0.2, 0) is 9.53 Å². The van der Waals surface area contributed by atoms with Crippen molar-refractivity contribution in [2.24, 2.45) is 11.7 Å². The number of nitrogens with zero attached hydrogens (tertiary/aromatic N) is 4. The molecule has 0 aliphatic carbocycles. The molecule has 5 rings (SSSR count). The zero-order valence-electron chi connectivity index (χ0n) is 17.5. The second kappa shape index (κ2) is 8.93. The van der Waals surface area contributed by atoms with Gasteiger partial charge < -0.3 is 20.7 Å². The van der Waals surface area contributed by atoms with E-state index in [-0.39, 0.29) is 25.2 Å². The molecule has 1 amide bonds. The van der Waals surface area contributed by atoms with Gasteiger partial charge in [0, 0.05) is 58.1 Å². The number of pyridine rings is 1. The number of nitrogens with two attached hydrogens (primary N) is 1. The van der Waals surface area contributed by atoms with Crippen LogP contribution in [0.5, 0.6) is 0 Å². The highest BCUT2D eigenvalue weighted by Gasteiger charge is 2.47. The topological polar surface area (TPSA) is 111 Å². The minimum Gasteiger partial charge on any atom is -0.380 e. The summed E-state index contributed by atoms with van der Waals surface area (Å²) in [4.78, 5) is 22.2. The van der Waals surface area contributed by atoms with Crippen molar-refractivity contribution in [1.82, 2.24) is 25.6 Å². The molecule has 0 radical (unpaired) electrons. The molecule has 0 saturated carbocycles. The monoisotopic (exact) mass is 434 g/mol. The van der Waals surface area contributed by atoms with Crippen LogP contribution in [-0.4, -0.2) is 97.8 Å². The molecule has 5 N–H and O–H groups in total. The molecule has 31 heavy (non-hydrogen) atoms. The van der Waals surface area contributed by atoms with Gasteiger partial charge in [-0.15, -0.1) is 0 Å². The first-order valence-electron chi connectivity index (χ1n) is 11.1. The van der Waals surface area contributed by atoms with Crippen LogP contribution in [0.1, 0.15) is 6.42 Å². The molecule has 0 aromatic carbocycles. The smallest absolute Gasteiger partial charge is 0.233 e. The molecule has 4 saturated heterocycles. The summed E-state index contributed by atoms with van der Waals surface area (Å²) in [7, 11) is 0. The molecule has 4 unspecified atom stereocenters. The molecule has 1 aromatic rings. The largest absolute Gasteiger partial charge is 0.380 e. The Morgan fingerprint density at radius 1 is 1.32 bits per heavy atom. The second-order valence-electron chi connectivity index (χ2n) is 8.71. The Bertz CT molecular complexity index is 786. The third-order valence-electron chi connectivity index (χ3n) is 6.76. The van der Waals surface area contributed by atoms with Gasteiger partial charge in [0.05, 0.1) is 42.4 Å². The number of hydrogen-bond donors (Lipinski definition) is 4.